The van der Waals surface area contributed by atoms with Crippen molar-refractivity contribution in [3.05, 3.63) is 47.8 Å². The van der Waals surface area contributed by atoms with Gasteiger partial charge in [0.15, 0.2) is 5.76 Å². The number of rotatable bonds is 8. The van der Waals surface area contributed by atoms with Crippen LogP contribution in [0.15, 0.2) is 39.4 Å². The van der Waals surface area contributed by atoms with E-state index in [1.54, 1.807) is 12.1 Å². The minimum Gasteiger partial charge on any atom is -0.466 e. The first-order valence-electron chi connectivity index (χ1n) is 8.30. The maximum absolute atomic E-state index is 11.8. The third-order valence-electron chi connectivity index (χ3n) is 4.23. The van der Waals surface area contributed by atoms with Gasteiger partial charge in [0.25, 0.3) is 5.91 Å². The number of amides is 2. The van der Waals surface area contributed by atoms with E-state index in [0.29, 0.717) is 37.8 Å². The molecule has 2 aromatic rings. The summed E-state index contributed by atoms with van der Waals surface area (Å²) in [6.45, 7) is 2.95. The second-order valence-corrected chi connectivity index (χ2v) is 6.21. The van der Waals surface area contributed by atoms with E-state index in [9.17, 15) is 9.59 Å². The van der Waals surface area contributed by atoms with Gasteiger partial charge in [-0.2, -0.15) is 0 Å². The molecule has 2 amide bonds. The summed E-state index contributed by atoms with van der Waals surface area (Å²) in [5, 5.41) is 5.45. The molecule has 1 saturated carbocycles. The highest BCUT2D eigenvalue weighted by Crippen LogP contribution is 2.47. The van der Waals surface area contributed by atoms with Gasteiger partial charge in [0, 0.05) is 31.8 Å². The fraction of sp³-hybridized carbons (Fsp3) is 0.444. The van der Waals surface area contributed by atoms with Crippen LogP contribution in [0.3, 0.4) is 0 Å². The van der Waals surface area contributed by atoms with E-state index in [2.05, 4.69) is 17.6 Å². The van der Waals surface area contributed by atoms with E-state index in [4.69, 9.17) is 8.83 Å². The first-order chi connectivity index (χ1) is 11.6. The second kappa shape index (κ2) is 7.38. The molecule has 2 atom stereocenters. The Morgan fingerprint density at radius 1 is 1.21 bits per heavy atom. The Morgan fingerprint density at radius 2 is 2.00 bits per heavy atom. The number of aryl methyl sites for hydroxylation is 1. The monoisotopic (exact) mass is 330 g/mol. The summed E-state index contributed by atoms with van der Waals surface area (Å²) in [4.78, 5) is 23.4. The molecule has 6 heteroatoms. The fourth-order valence-electron chi connectivity index (χ4n) is 2.64. The summed E-state index contributed by atoms with van der Waals surface area (Å²) in [5.41, 5.74) is 0. The lowest BCUT2D eigenvalue weighted by Crippen LogP contribution is -2.34. The second-order valence-electron chi connectivity index (χ2n) is 6.21. The molecule has 1 aliphatic carbocycles. The summed E-state index contributed by atoms with van der Waals surface area (Å²) < 4.78 is 10.8. The predicted octanol–water partition coefficient (Wildman–Crippen LogP) is 2.47. The van der Waals surface area contributed by atoms with Crippen molar-refractivity contribution in [2.75, 3.05) is 13.1 Å². The number of hydrogen-bond donors (Lipinski definition) is 2. The van der Waals surface area contributed by atoms with Crippen LogP contribution >= 0.6 is 0 Å². The van der Waals surface area contributed by atoms with Crippen LogP contribution < -0.4 is 10.6 Å². The molecular formula is C18H22N2O4. The van der Waals surface area contributed by atoms with Crippen LogP contribution in [-0.2, 0) is 11.2 Å². The summed E-state index contributed by atoms with van der Waals surface area (Å²) in [7, 11) is 0. The largest absolute Gasteiger partial charge is 0.466 e. The van der Waals surface area contributed by atoms with Crippen LogP contribution in [0.1, 0.15) is 47.8 Å². The lowest BCUT2D eigenvalue weighted by molar-refractivity contribution is -0.121. The number of carbonyl (C=O) groups excluding carboxylic acids is 2. The van der Waals surface area contributed by atoms with Crippen molar-refractivity contribution in [2.45, 2.75) is 32.1 Å². The molecule has 2 unspecified atom stereocenters. The van der Waals surface area contributed by atoms with Gasteiger partial charge in [0.05, 0.1) is 6.26 Å². The van der Waals surface area contributed by atoms with Crippen molar-refractivity contribution in [1.29, 1.82) is 0 Å². The molecule has 1 fully saturated rings. The van der Waals surface area contributed by atoms with Crippen LogP contribution in [-0.4, -0.2) is 24.9 Å². The maximum Gasteiger partial charge on any atom is 0.287 e. The Balaban J connectivity index is 1.30. The van der Waals surface area contributed by atoms with Crippen molar-refractivity contribution in [3.63, 3.8) is 0 Å². The smallest absolute Gasteiger partial charge is 0.287 e. The topological polar surface area (TPSA) is 84.5 Å². The number of hydrogen-bond acceptors (Lipinski definition) is 4. The Hall–Kier alpha value is -2.50. The first-order valence-corrected chi connectivity index (χ1v) is 8.30. The van der Waals surface area contributed by atoms with Crippen LogP contribution in [0.5, 0.6) is 0 Å². The van der Waals surface area contributed by atoms with Crippen molar-refractivity contribution < 1.29 is 18.4 Å². The Morgan fingerprint density at radius 3 is 2.71 bits per heavy atom. The van der Waals surface area contributed by atoms with Gasteiger partial charge in [-0.1, -0.05) is 6.92 Å². The average molecular weight is 330 g/mol. The zero-order chi connectivity index (χ0) is 16.9. The lowest BCUT2D eigenvalue weighted by Gasteiger charge is -2.05. The molecular weight excluding hydrogens is 308 g/mol. The molecule has 0 aromatic carbocycles. The van der Waals surface area contributed by atoms with Crippen LogP contribution in [0, 0.1) is 5.92 Å². The van der Waals surface area contributed by atoms with E-state index in [-0.39, 0.29) is 17.6 Å². The highest BCUT2D eigenvalue weighted by molar-refractivity contribution is 5.91. The van der Waals surface area contributed by atoms with Crippen molar-refractivity contribution >= 4 is 11.8 Å². The minimum absolute atomic E-state index is 0.0556. The normalized spacial score (nSPS) is 19.0. The number of furan rings is 2. The molecule has 0 saturated heterocycles. The molecule has 2 N–H and O–H groups in total. The van der Waals surface area contributed by atoms with Gasteiger partial charge in [-0.05, 0) is 36.6 Å². The Bertz CT molecular complexity index is 690. The quantitative estimate of drug-likeness (QED) is 0.728. The summed E-state index contributed by atoms with van der Waals surface area (Å²) >= 11 is 0. The van der Waals surface area contributed by atoms with Crippen molar-refractivity contribution in [3.8, 4) is 0 Å². The van der Waals surface area contributed by atoms with E-state index < -0.39 is 0 Å². The number of nitrogens with one attached hydrogen (secondary N) is 2. The molecule has 0 radical (unpaired) electrons. The molecule has 2 aromatic heterocycles. The SMILES string of the molecule is CC1CC1c1ccc(CCC(=O)NCCNC(=O)c2ccco2)o1. The van der Waals surface area contributed by atoms with Crippen molar-refractivity contribution in [1.82, 2.24) is 10.6 Å². The van der Waals surface area contributed by atoms with E-state index >= 15 is 0 Å². The van der Waals surface area contributed by atoms with Gasteiger partial charge in [0.2, 0.25) is 5.91 Å². The summed E-state index contributed by atoms with van der Waals surface area (Å²) in [6, 6.07) is 7.22. The predicted molar refractivity (Wildman–Crippen MR) is 87.6 cm³/mol. The lowest BCUT2D eigenvalue weighted by atomic mass is 10.2. The summed E-state index contributed by atoms with van der Waals surface area (Å²) in [6.07, 6.45) is 3.60. The Labute approximate surface area is 140 Å². The van der Waals surface area contributed by atoms with E-state index in [1.165, 1.54) is 12.7 Å². The average Bonchev–Trinajstić information content (AvgIpc) is 3.03. The van der Waals surface area contributed by atoms with Crippen LogP contribution in [0.4, 0.5) is 0 Å². The minimum atomic E-state index is -0.285. The first kappa shape index (κ1) is 16.4. The summed E-state index contributed by atoms with van der Waals surface area (Å²) in [5.74, 6) is 3.09. The van der Waals surface area contributed by atoms with Crippen LogP contribution in [0.25, 0.3) is 0 Å². The molecule has 2 heterocycles. The zero-order valence-corrected chi connectivity index (χ0v) is 13.7. The number of carbonyl (C=O) groups is 2. The van der Waals surface area contributed by atoms with Gasteiger partial charge >= 0.3 is 0 Å². The highest BCUT2D eigenvalue weighted by atomic mass is 16.3. The molecule has 3 rings (SSSR count). The molecule has 0 spiro atoms. The van der Waals surface area contributed by atoms with E-state index in [0.717, 1.165) is 11.5 Å². The van der Waals surface area contributed by atoms with Gasteiger partial charge in [-0.3, -0.25) is 9.59 Å². The Kier molecular flexibility index (Phi) is 5.03. The maximum atomic E-state index is 11.8. The van der Waals surface area contributed by atoms with Gasteiger partial charge in [-0.15, -0.1) is 0 Å². The van der Waals surface area contributed by atoms with Gasteiger partial charge in [-0.25, -0.2) is 0 Å². The van der Waals surface area contributed by atoms with Gasteiger partial charge < -0.3 is 19.5 Å². The standard InChI is InChI=1S/C18H22N2O4/c1-12-11-14(12)15-6-4-13(24-15)5-7-17(21)19-8-9-20-18(22)16-3-2-10-23-16/h2-4,6,10,12,14H,5,7-9,11H2,1H3,(H,19,21)(H,20,22). The molecule has 0 bridgehead atoms. The molecule has 1 aliphatic rings. The van der Waals surface area contributed by atoms with E-state index in [1.807, 2.05) is 12.1 Å². The van der Waals surface area contributed by atoms with Crippen LogP contribution in [0.2, 0.25) is 0 Å². The third-order valence-corrected chi connectivity index (χ3v) is 4.23. The molecule has 128 valence electrons. The molecule has 24 heavy (non-hydrogen) atoms. The molecule has 0 aliphatic heterocycles. The zero-order valence-electron chi connectivity index (χ0n) is 13.7. The molecule has 6 nitrogen and oxygen atoms in total. The third kappa shape index (κ3) is 4.28. The highest BCUT2D eigenvalue weighted by Gasteiger charge is 2.36. The van der Waals surface area contributed by atoms with Crippen molar-refractivity contribution in [2.24, 2.45) is 5.92 Å². The van der Waals surface area contributed by atoms with Gasteiger partial charge in [0.1, 0.15) is 11.5 Å². The fourth-order valence-corrected chi connectivity index (χ4v) is 2.64.